The van der Waals surface area contributed by atoms with Crippen LogP contribution in [0, 0.1) is 10.1 Å². The number of nitro benzene ring substituents is 1. The van der Waals surface area contributed by atoms with Crippen molar-refractivity contribution in [1.82, 2.24) is 10.2 Å². The van der Waals surface area contributed by atoms with Crippen molar-refractivity contribution in [2.75, 3.05) is 31.5 Å². The number of nitrogens with one attached hydrogen (secondary N) is 2. The lowest BCUT2D eigenvalue weighted by atomic mass is 10.2. The number of hydrogen-bond acceptors (Lipinski definition) is 5. The topological polar surface area (TPSA) is 105 Å². The highest BCUT2D eigenvalue weighted by Gasteiger charge is 2.23. The molecule has 2 rings (SSSR count). The van der Waals surface area contributed by atoms with Crippen molar-refractivity contribution in [3.05, 3.63) is 34.4 Å². The van der Waals surface area contributed by atoms with Crippen molar-refractivity contribution < 1.29 is 14.5 Å². The minimum atomic E-state index is -0.735. The second-order valence-electron chi connectivity index (χ2n) is 4.30. The minimum Gasteiger partial charge on any atom is -0.332 e. The van der Waals surface area contributed by atoms with Gasteiger partial charge < -0.3 is 15.5 Å². The number of non-ortho nitro benzene ring substituents is 1. The first kappa shape index (κ1) is 13.9. The lowest BCUT2D eigenvalue weighted by Crippen LogP contribution is -2.49. The van der Waals surface area contributed by atoms with E-state index >= 15 is 0 Å². The van der Waals surface area contributed by atoms with Crippen LogP contribution in [0.2, 0.25) is 0 Å². The summed E-state index contributed by atoms with van der Waals surface area (Å²) in [7, 11) is 0. The molecule has 0 spiro atoms. The molecule has 106 valence electrons. The van der Waals surface area contributed by atoms with Crippen molar-refractivity contribution >= 4 is 23.2 Å². The molecular formula is C12H14N4O4. The Hall–Kier alpha value is -2.48. The Morgan fingerprint density at radius 1 is 1.20 bits per heavy atom. The van der Waals surface area contributed by atoms with Crippen LogP contribution in [0.1, 0.15) is 0 Å². The van der Waals surface area contributed by atoms with E-state index in [2.05, 4.69) is 10.6 Å². The number of carbonyl (C=O) groups is 2. The molecule has 0 unspecified atom stereocenters. The molecule has 0 bridgehead atoms. The molecular weight excluding hydrogens is 264 g/mol. The summed E-state index contributed by atoms with van der Waals surface area (Å²) in [6, 6.07) is 5.32. The van der Waals surface area contributed by atoms with Crippen LogP contribution >= 0.6 is 0 Å². The summed E-state index contributed by atoms with van der Waals surface area (Å²) in [4.78, 5) is 35.1. The monoisotopic (exact) mass is 278 g/mol. The molecule has 1 aliphatic rings. The van der Waals surface area contributed by atoms with Crippen LogP contribution in [0.5, 0.6) is 0 Å². The number of amides is 2. The number of anilines is 1. The van der Waals surface area contributed by atoms with Crippen molar-refractivity contribution in [1.29, 1.82) is 0 Å². The molecule has 0 aliphatic carbocycles. The third-order valence-corrected chi connectivity index (χ3v) is 2.93. The first-order valence-corrected chi connectivity index (χ1v) is 6.13. The predicted octanol–water partition coefficient (Wildman–Crippen LogP) is -0.0349. The van der Waals surface area contributed by atoms with Crippen LogP contribution in [0.3, 0.4) is 0 Å². The number of nitrogens with zero attached hydrogens (tertiary/aromatic N) is 2. The fourth-order valence-corrected chi connectivity index (χ4v) is 1.86. The fraction of sp³-hybridized carbons (Fsp3) is 0.333. The second kappa shape index (κ2) is 6.11. The van der Waals surface area contributed by atoms with Gasteiger partial charge in [-0.2, -0.15) is 0 Å². The number of benzene rings is 1. The highest BCUT2D eigenvalue weighted by Crippen LogP contribution is 2.15. The Balaban J connectivity index is 1.96. The number of carbonyl (C=O) groups excluding carboxylic acids is 2. The standard InChI is InChI=1S/C12H14N4O4/c17-11(12(18)15-7-5-13-6-8-15)14-9-1-3-10(4-2-9)16(19)20/h1-4,13H,5-8H2,(H,14,17). The van der Waals surface area contributed by atoms with Crippen molar-refractivity contribution in [2.24, 2.45) is 0 Å². The van der Waals surface area contributed by atoms with Crippen LogP contribution in [-0.4, -0.2) is 47.8 Å². The van der Waals surface area contributed by atoms with Gasteiger partial charge >= 0.3 is 11.8 Å². The zero-order valence-corrected chi connectivity index (χ0v) is 10.7. The number of piperazine rings is 1. The summed E-state index contributed by atoms with van der Waals surface area (Å²) in [5, 5.41) is 16.0. The lowest BCUT2D eigenvalue weighted by Gasteiger charge is -2.26. The van der Waals surface area contributed by atoms with E-state index in [1.54, 1.807) is 0 Å². The Labute approximate surface area is 114 Å². The fourth-order valence-electron chi connectivity index (χ4n) is 1.86. The molecule has 2 amide bonds. The maximum atomic E-state index is 11.9. The zero-order chi connectivity index (χ0) is 14.5. The van der Waals surface area contributed by atoms with Gasteiger partial charge in [0.05, 0.1) is 4.92 Å². The largest absolute Gasteiger partial charge is 0.332 e. The van der Waals surface area contributed by atoms with Gasteiger partial charge in [-0.1, -0.05) is 0 Å². The Morgan fingerprint density at radius 3 is 2.35 bits per heavy atom. The van der Waals surface area contributed by atoms with Crippen molar-refractivity contribution in [3.8, 4) is 0 Å². The molecule has 2 N–H and O–H groups in total. The number of nitro groups is 1. The summed E-state index contributed by atoms with van der Waals surface area (Å²) < 4.78 is 0. The molecule has 1 aromatic carbocycles. The molecule has 20 heavy (non-hydrogen) atoms. The van der Waals surface area contributed by atoms with Gasteiger partial charge in [0.15, 0.2) is 0 Å². The summed E-state index contributed by atoms with van der Waals surface area (Å²) >= 11 is 0. The average Bonchev–Trinajstić information content (AvgIpc) is 2.48. The van der Waals surface area contributed by atoms with E-state index in [1.807, 2.05) is 0 Å². The quantitative estimate of drug-likeness (QED) is 0.449. The van der Waals surface area contributed by atoms with E-state index in [4.69, 9.17) is 0 Å². The Morgan fingerprint density at radius 2 is 1.80 bits per heavy atom. The summed E-state index contributed by atoms with van der Waals surface area (Å²) in [6.07, 6.45) is 0. The van der Waals surface area contributed by atoms with E-state index in [9.17, 15) is 19.7 Å². The first-order valence-electron chi connectivity index (χ1n) is 6.13. The molecule has 1 saturated heterocycles. The lowest BCUT2D eigenvalue weighted by molar-refractivity contribution is -0.384. The molecule has 1 aromatic rings. The Bertz CT molecular complexity index is 523. The van der Waals surface area contributed by atoms with Gasteiger partial charge in [0, 0.05) is 44.0 Å². The third-order valence-electron chi connectivity index (χ3n) is 2.93. The Kier molecular flexibility index (Phi) is 4.26. The third kappa shape index (κ3) is 3.29. The maximum Gasteiger partial charge on any atom is 0.313 e. The molecule has 1 heterocycles. The summed E-state index contributed by atoms with van der Waals surface area (Å²) in [5.41, 5.74) is 0.278. The van der Waals surface area contributed by atoms with Gasteiger partial charge in [0.2, 0.25) is 0 Å². The average molecular weight is 278 g/mol. The predicted molar refractivity (Wildman–Crippen MR) is 71.2 cm³/mol. The summed E-state index contributed by atoms with van der Waals surface area (Å²) in [6.45, 7) is 2.31. The smallest absolute Gasteiger partial charge is 0.313 e. The summed E-state index contributed by atoms with van der Waals surface area (Å²) in [5.74, 6) is -1.33. The van der Waals surface area contributed by atoms with Gasteiger partial charge in [-0.15, -0.1) is 0 Å². The van der Waals surface area contributed by atoms with Crippen molar-refractivity contribution in [2.45, 2.75) is 0 Å². The van der Waals surface area contributed by atoms with Gasteiger partial charge in [0.1, 0.15) is 0 Å². The molecule has 0 aromatic heterocycles. The van der Waals surface area contributed by atoms with Crippen LogP contribution in [0.25, 0.3) is 0 Å². The molecule has 1 aliphatic heterocycles. The maximum absolute atomic E-state index is 11.9. The van der Waals surface area contributed by atoms with Crippen LogP contribution < -0.4 is 10.6 Å². The van der Waals surface area contributed by atoms with Gasteiger partial charge in [-0.3, -0.25) is 19.7 Å². The number of hydrogen-bond donors (Lipinski definition) is 2. The first-order chi connectivity index (χ1) is 9.58. The SMILES string of the molecule is O=C(Nc1ccc([N+](=O)[O-])cc1)C(=O)N1CCNCC1. The molecule has 0 atom stereocenters. The van der Waals surface area contributed by atoms with E-state index < -0.39 is 16.7 Å². The number of rotatable bonds is 2. The molecule has 8 nitrogen and oxygen atoms in total. The highest BCUT2D eigenvalue weighted by atomic mass is 16.6. The normalized spacial score (nSPS) is 14.7. The molecule has 8 heteroatoms. The molecule has 1 fully saturated rings. The van der Waals surface area contributed by atoms with Crippen LogP contribution in [0.15, 0.2) is 24.3 Å². The van der Waals surface area contributed by atoms with E-state index in [0.29, 0.717) is 31.9 Å². The van der Waals surface area contributed by atoms with E-state index in [0.717, 1.165) is 0 Å². The van der Waals surface area contributed by atoms with E-state index in [1.165, 1.54) is 29.2 Å². The molecule has 0 saturated carbocycles. The molecule has 0 radical (unpaired) electrons. The van der Waals surface area contributed by atoms with Crippen molar-refractivity contribution in [3.63, 3.8) is 0 Å². The van der Waals surface area contributed by atoms with Crippen LogP contribution in [0.4, 0.5) is 11.4 Å². The van der Waals surface area contributed by atoms with Crippen LogP contribution in [-0.2, 0) is 9.59 Å². The van der Waals surface area contributed by atoms with Gasteiger partial charge in [-0.05, 0) is 12.1 Å². The van der Waals surface area contributed by atoms with E-state index in [-0.39, 0.29) is 5.69 Å². The van der Waals surface area contributed by atoms with Gasteiger partial charge in [-0.25, -0.2) is 0 Å². The minimum absolute atomic E-state index is 0.0727. The van der Waals surface area contributed by atoms with Gasteiger partial charge in [0.25, 0.3) is 5.69 Å². The zero-order valence-electron chi connectivity index (χ0n) is 10.7. The second-order valence-corrected chi connectivity index (χ2v) is 4.30. The highest BCUT2D eigenvalue weighted by molar-refractivity contribution is 6.39.